The van der Waals surface area contributed by atoms with Crippen molar-refractivity contribution in [2.45, 2.75) is 77.4 Å². The molecule has 2 aliphatic carbocycles. The number of nitrogens with zero attached hydrogens (tertiary/aromatic N) is 6. The largest absolute Gasteiger partial charge is 0.439 e. The summed E-state index contributed by atoms with van der Waals surface area (Å²) in [4.78, 5) is 31.8. The van der Waals surface area contributed by atoms with Gasteiger partial charge >= 0.3 is 5.76 Å². The van der Waals surface area contributed by atoms with Gasteiger partial charge < -0.3 is 19.5 Å². The fourth-order valence-electron chi connectivity index (χ4n) is 6.80. The van der Waals surface area contributed by atoms with Gasteiger partial charge in [-0.05, 0) is 68.1 Å². The molecule has 1 unspecified atom stereocenters. The van der Waals surface area contributed by atoms with Crippen LogP contribution in [0, 0.1) is 17.8 Å². The minimum Gasteiger partial charge on any atom is -0.377 e. The SMILES string of the molecule is CC1CCC(Cn2c(N3CCOCC3c3ccc(Cl)cc3)nc3nc(-c4noc(=O)[nH]4)nc(N[C@H](C)C4CCC4)c32)CC1. The summed E-state index contributed by atoms with van der Waals surface area (Å²) in [6, 6.07) is 8.18. The molecule has 4 heterocycles. The Labute approximate surface area is 255 Å². The van der Waals surface area contributed by atoms with E-state index in [-0.39, 0.29) is 23.7 Å². The van der Waals surface area contributed by atoms with Crippen LogP contribution in [0.4, 0.5) is 11.8 Å². The highest BCUT2D eigenvalue weighted by molar-refractivity contribution is 6.30. The Morgan fingerprint density at radius 3 is 2.58 bits per heavy atom. The molecule has 1 saturated heterocycles. The number of hydrogen-bond acceptors (Lipinski definition) is 9. The Hall–Kier alpha value is -3.44. The van der Waals surface area contributed by atoms with E-state index in [4.69, 9.17) is 35.8 Å². The zero-order valence-corrected chi connectivity index (χ0v) is 25.5. The van der Waals surface area contributed by atoms with Crippen molar-refractivity contribution in [3.63, 3.8) is 0 Å². The fraction of sp³-hybridized carbons (Fsp3) is 0.581. The number of halogens is 1. The van der Waals surface area contributed by atoms with Gasteiger partial charge in [0.1, 0.15) is 5.52 Å². The summed E-state index contributed by atoms with van der Waals surface area (Å²) in [7, 11) is 0. The Bertz CT molecular complexity index is 1620. The van der Waals surface area contributed by atoms with Gasteiger partial charge in [0, 0.05) is 24.2 Å². The Kier molecular flexibility index (Phi) is 7.85. The van der Waals surface area contributed by atoms with Crippen LogP contribution in [0.2, 0.25) is 5.02 Å². The summed E-state index contributed by atoms with van der Waals surface area (Å²) in [5, 5.41) is 8.32. The number of anilines is 2. The van der Waals surface area contributed by atoms with Crippen LogP contribution >= 0.6 is 11.6 Å². The lowest BCUT2D eigenvalue weighted by molar-refractivity contribution is 0.0927. The molecule has 2 saturated carbocycles. The third kappa shape index (κ3) is 5.76. The highest BCUT2D eigenvalue weighted by Gasteiger charge is 2.33. The molecule has 1 aliphatic heterocycles. The Morgan fingerprint density at radius 1 is 1.09 bits per heavy atom. The van der Waals surface area contributed by atoms with Gasteiger partial charge in [-0.25, -0.2) is 14.8 Å². The number of ether oxygens (including phenoxy) is 1. The number of imidazole rings is 1. The van der Waals surface area contributed by atoms with Crippen LogP contribution in [0.5, 0.6) is 0 Å². The molecule has 0 radical (unpaired) electrons. The number of benzene rings is 1. The van der Waals surface area contributed by atoms with Gasteiger partial charge in [0.25, 0.3) is 0 Å². The smallest absolute Gasteiger partial charge is 0.377 e. The van der Waals surface area contributed by atoms with E-state index in [1.807, 2.05) is 12.1 Å². The van der Waals surface area contributed by atoms with E-state index < -0.39 is 5.76 Å². The molecule has 12 heteroatoms. The standard InChI is InChI=1S/C31H39ClN8O3/c1-18-6-8-20(9-7-18)16-40-25-26(33-19(2)21-4-3-5-21)34-28(29-37-31(41)43-38-29)35-27(25)36-30(40)39-14-15-42-17-24(39)22-10-12-23(32)13-11-22/h10-13,18-21,24H,3-9,14-17H2,1-2H3,(H,33,34,35)(H,37,38,41)/t18?,19-,20?,24?/m1/s1. The summed E-state index contributed by atoms with van der Waals surface area (Å²) in [5.41, 5.74) is 2.58. The number of fused-ring (bicyclic) bond motifs is 1. The quantitative estimate of drug-likeness (QED) is 0.255. The predicted octanol–water partition coefficient (Wildman–Crippen LogP) is 5.83. The molecule has 11 nitrogen and oxygen atoms in total. The second kappa shape index (κ2) is 11.9. The Morgan fingerprint density at radius 2 is 1.88 bits per heavy atom. The maximum atomic E-state index is 11.8. The summed E-state index contributed by atoms with van der Waals surface area (Å²) in [6.07, 6.45) is 8.50. The third-order valence-electron chi connectivity index (χ3n) is 9.67. The minimum absolute atomic E-state index is 0.0300. The number of morpholine rings is 1. The first-order valence-electron chi connectivity index (χ1n) is 15.6. The van der Waals surface area contributed by atoms with Crippen molar-refractivity contribution in [1.29, 1.82) is 0 Å². The predicted molar refractivity (Wildman–Crippen MR) is 165 cm³/mol. The first kappa shape index (κ1) is 28.3. The second-order valence-electron chi connectivity index (χ2n) is 12.6. The van der Waals surface area contributed by atoms with Crippen molar-refractivity contribution in [3.8, 4) is 11.6 Å². The van der Waals surface area contributed by atoms with Crippen LogP contribution in [0.1, 0.15) is 70.4 Å². The van der Waals surface area contributed by atoms with Gasteiger partial charge in [0.2, 0.25) is 17.6 Å². The van der Waals surface area contributed by atoms with Crippen LogP contribution < -0.4 is 16.0 Å². The number of rotatable bonds is 8. The van der Waals surface area contributed by atoms with Gasteiger partial charge in [-0.15, -0.1) is 0 Å². The minimum atomic E-state index is -0.645. The average molecular weight is 607 g/mol. The third-order valence-corrected chi connectivity index (χ3v) is 9.92. The van der Waals surface area contributed by atoms with E-state index in [0.29, 0.717) is 48.1 Å². The summed E-state index contributed by atoms with van der Waals surface area (Å²) < 4.78 is 13.1. The Balaban J connectivity index is 1.38. The van der Waals surface area contributed by atoms with Gasteiger partial charge in [0.05, 0.1) is 19.3 Å². The van der Waals surface area contributed by atoms with Gasteiger partial charge in [-0.3, -0.25) is 9.51 Å². The molecule has 0 bridgehead atoms. The zero-order valence-electron chi connectivity index (χ0n) is 24.8. The van der Waals surface area contributed by atoms with Gasteiger partial charge in [-0.2, -0.15) is 4.98 Å². The van der Waals surface area contributed by atoms with Crippen molar-refractivity contribution in [2.24, 2.45) is 17.8 Å². The van der Waals surface area contributed by atoms with E-state index >= 15 is 0 Å². The van der Waals surface area contributed by atoms with Crippen molar-refractivity contribution in [3.05, 3.63) is 45.4 Å². The van der Waals surface area contributed by atoms with Crippen molar-refractivity contribution >= 4 is 34.5 Å². The van der Waals surface area contributed by atoms with E-state index in [9.17, 15) is 4.79 Å². The van der Waals surface area contributed by atoms with Crippen LogP contribution in [0.25, 0.3) is 22.8 Å². The summed E-state index contributed by atoms with van der Waals surface area (Å²) >= 11 is 6.25. The molecule has 0 spiro atoms. The van der Waals surface area contributed by atoms with E-state index in [1.165, 1.54) is 44.9 Å². The van der Waals surface area contributed by atoms with Gasteiger partial charge in [-0.1, -0.05) is 55.1 Å². The summed E-state index contributed by atoms with van der Waals surface area (Å²) in [5.74, 6) is 3.27. The van der Waals surface area contributed by atoms with Crippen LogP contribution in [0.3, 0.4) is 0 Å². The second-order valence-corrected chi connectivity index (χ2v) is 13.1. The summed E-state index contributed by atoms with van der Waals surface area (Å²) in [6.45, 7) is 7.25. The number of nitrogens with one attached hydrogen (secondary N) is 2. The van der Waals surface area contributed by atoms with E-state index in [2.05, 4.69) is 50.9 Å². The monoisotopic (exact) mass is 606 g/mol. The maximum absolute atomic E-state index is 11.8. The first-order valence-corrected chi connectivity index (χ1v) is 16.0. The zero-order chi connectivity index (χ0) is 29.5. The maximum Gasteiger partial charge on any atom is 0.439 e. The van der Waals surface area contributed by atoms with E-state index in [1.54, 1.807) is 0 Å². The molecule has 3 aliphatic rings. The number of aromatic amines is 1. The van der Waals surface area contributed by atoms with Crippen LogP contribution in [0.15, 0.2) is 33.6 Å². The molecule has 43 heavy (non-hydrogen) atoms. The molecule has 3 fully saturated rings. The van der Waals surface area contributed by atoms with Crippen molar-refractivity contribution in [2.75, 3.05) is 30.0 Å². The van der Waals surface area contributed by atoms with Crippen molar-refractivity contribution < 1.29 is 9.26 Å². The normalized spacial score (nSPS) is 23.8. The fourth-order valence-corrected chi connectivity index (χ4v) is 6.92. The molecule has 3 aromatic heterocycles. The van der Waals surface area contributed by atoms with Crippen LogP contribution in [-0.2, 0) is 11.3 Å². The highest BCUT2D eigenvalue weighted by Crippen LogP contribution is 2.38. The lowest BCUT2D eigenvalue weighted by atomic mass is 9.80. The first-order chi connectivity index (χ1) is 20.9. The topological polar surface area (TPSA) is 127 Å². The molecule has 2 atom stereocenters. The van der Waals surface area contributed by atoms with E-state index in [0.717, 1.165) is 29.5 Å². The lowest BCUT2D eigenvalue weighted by Gasteiger charge is -2.37. The number of aromatic nitrogens is 6. The number of H-pyrrole nitrogens is 1. The van der Waals surface area contributed by atoms with Crippen molar-refractivity contribution in [1.82, 2.24) is 29.7 Å². The highest BCUT2D eigenvalue weighted by atomic mass is 35.5. The molecular weight excluding hydrogens is 568 g/mol. The van der Waals surface area contributed by atoms with Crippen LogP contribution in [-0.4, -0.2) is 55.5 Å². The molecule has 4 aromatic rings. The molecule has 228 valence electrons. The molecule has 0 amide bonds. The lowest BCUT2D eigenvalue weighted by Crippen LogP contribution is -2.41. The molecule has 7 rings (SSSR count). The molecule has 2 N–H and O–H groups in total. The average Bonchev–Trinajstić information content (AvgIpc) is 3.57. The van der Waals surface area contributed by atoms with Gasteiger partial charge in [0.15, 0.2) is 11.5 Å². The molecule has 1 aromatic carbocycles. The molecular formula is C31H39ClN8O3. The number of hydrogen-bond donors (Lipinski definition) is 2.